The molecule has 0 unspecified atom stereocenters. The number of pyridine rings is 1. The normalized spacial score (nSPS) is 11.1. The Labute approximate surface area is 190 Å². The molecule has 160 valence electrons. The fourth-order valence-electron chi connectivity index (χ4n) is 3.09. The maximum Gasteiger partial charge on any atom is 0.272 e. The second kappa shape index (κ2) is 10.3. The number of azo groups is 1. The second-order valence-electron chi connectivity index (χ2n) is 6.93. The van der Waals surface area contributed by atoms with E-state index < -0.39 is 4.92 Å². The number of aryl methyl sites for hydroxylation is 1. The summed E-state index contributed by atoms with van der Waals surface area (Å²) in [5.41, 5.74) is 2.94. The van der Waals surface area contributed by atoms with Crippen LogP contribution in [-0.4, -0.2) is 18.0 Å². The van der Waals surface area contributed by atoms with Gasteiger partial charge in [0.05, 0.1) is 27.2 Å². The Hall–Kier alpha value is -3.03. The van der Waals surface area contributed by atoms with Gasteiger partial charge >= 0.3 is 0 Å². The highest BCUT2D eigenvalue weighted by Gasteiger charge is 2.14. The monoisotopic (exact) mass is 458 g/mol. The molecule has 0 radical (unpaired) electrons. The maximum absolute atomic E-state index is 10.9. The molecule has 0 fully saturated rings. The van der Waals surface area contributed by atoms with Gasteiger partial charge in [-0.2, -0.15) is 5.11 Å². The summed E-state index contributed by atoms with van der Waals surface area (Å²) in [6, 6.07) is 14.2. The summed E-state index contributed by atoms with van der Waals surface area (Å²) < 4.78 is 2.18. The molecule has 1 aromatic heterocycles. The third-order valence-electron chi connectivity index (χ3n) is 4.71. The van der Waals surface area contributed by atoms with Crippen molar-refractivity contribution in [1.82, 2.24) is 0 Å². The molecule has 0 aliphatic rings. The van der Waals surface area contributed by atoms with Crippen LogP contribution in [0, 0.1) is 17.0 Å². The van der Waals surface area contributed by atoms with E-state index in [-0.39, 0.29) is 21.4 Å². The van der Waals surface area contributed by atoms with Crippen LogP contribution in [0.3, 0.4) is 0 Å². The van der Waals surface area contributed by atoms with Crippen molar-refractivity contribution in [3.05, 3.63) is 86.6 Å². The summed E-state index contributed by atoms with van der Waals surface area (Å²) in [6.45, 7) is 6.83. The van der Waals surface area contributed by atoms with Crippen LogP contribution in [0.25, 0.3) is 0 Å². The molecule has 0 N–H and O–H groups in total. The van der Waals surface area contributed by atoms with Gasteiger partial charge in [0, 0.05) is 36.0 Å². The summed E-state index contributed by atoms with van der Waals surface area (Å²) in [6.07, 6.45) is 4.20. The first-order chi connectivity index (χ1) is 14.9. The number of benzene rings is 2. The second-order valence-corrected chi connectivity index (χ2v) is 7.74. The first kappa shape index (κ1) is 22.7. The van der Waals surface area contributed by atoms with Gasteiger partial charge in [-0.15, -0.1) is 5.11 Å². The van der Waals surface area contributed by atoms with Gasteiger partial charge in [0.1, 0.15) is 5.69 Å². The van der Waals surface area contributed by atoms with Gasteiger partial charge in [-0.05, 0) is 44.2 Å². The van der Waals surface area contributed by atoms with Crippen LogP contribution in [0.1, 0.15) is 12.5 Å². The number of likely N-dealkylation sites (N-methyl/N-ethyl adjacent to an activating group) is 1. The standard InChI is InChI=1S/C22H22Cl2N5O2/c1-3-28(12-11-27-10-4-5-16(2)15-27)18-8-6-17(7-9-18)25-26-22-20(23)13-19(29(30)31)14-21(22)24/h4-10,13-15H,3,11-12H2,1-2H3/q+1. The van der Waals surface area contributed by atoms with Crippen molar-refractivity contribution in [2.45, 2.75) is 20.4 Å². The zero-order chi connectivity index (χ0) is 22.4. The molecule has 0 atom stereocenters. The molecule has 0 saturated carbocycles. The number of non-ortho nitro benzene ring substituents is 1. The average Bonchev–Trinajstić information content (AvgIpc) is 2.74. The molecule has 9 heteroatoms. The zero-order valence-electron chi connectivity index (χ0n) is 17.2. The molecule has 0 aliphatic carbocycles. The van der Waals surface area contributed by atoms with Crippen LogP contribution in [0.2, 0.25) is 10.0 Å². The van der Waals surface area contributed by atoms with Gasteiger partial charge in [-0.25, -0.2) is 4.57 Å². The van der Waals surface area contributed by atoms with Crippen LogP contribution in [0.5, 0.6) is 0 Å². The van der Waals surface area contributed by atoms with Crippen molar-refractivity contribution in [2.24, 2.45) is 10.2 Å². The van der Waals surface area contributed by atoms with Gasteiger partial charge in [-0.1, -0.05) is 23.2 Å². The van der Waals surface area contributed by atoms with Gasteiger partial charge < -0.3 is 4.90 Å². The summed E-state index contributed by atoms with van der Waals surface area (Å²) in [4.78, 5) is 12.6. The Morgan fingerprint density at radius 1 is 1.10 bits per heavy atom. The Morgan fingerprint density at radius 2 is 1.77 bits per heavy atom. The lowest BCUT2D eigenvalue weighted by molar-refractivity contribution is -0.694. The molecule has 2 aromatic carbocycles. The number of aromatic nitrogens is 1. The van der Waals surface area contributed by atoms with Crippen LogP contribution in [0.15, 0.2) is 71.2 Å². The predicted octanol–water partition coefficient (Wildman–Crippen LogP) is 6.44. The van der Waals surface area contributed by atoms with Crippen LogP contribution < -0.4 is 9.47 Å². The van der Waals surface area contributed by atoms with E-state index in [0.29, 0.717) is 5.69 Å². The van der Waals surface area contributed by atoms with Crippen molar-refractivity contribution < 1.29 is 9.49 Å². The van der Waals surface area contributed by atoms with Crippen LogP contribution in [0.4, 0.5) is 22.7 Å². The number of hydrogen-bond acceptors (Lipinski definition) is 5. The average molecular weight is 459 g/mol. The molecule has 0 bridgehead atoms. The summed E-state index contributed by atoms with van der Waals surface area (Å²) in [7, 11) is 0. The highest BCUT2D eigenvalue weighted by atomic mass is 35.5. The van der Waals surface area contributed by atoms with Gasteiger partial charge in [0.25, 0.3) is 5.69 Å². The molecular formula is C22H22Cl2N5O2+. The first-order valence-electron chi connectivity index (χ1n) is 9.73. The maximum atomic E-state index is 10.9. The quantitative estimate of drug-likeness (QED) is 0.168. The van der Waals surface area contributed by atoms with Crippen molar-refractivity contribution in [1.29, 1.82) is 0 Å². The van der Waals surface area contributed by atoms with E-state index in [1.165, 1.54) is 17.7 Å². The van der Waals surface area contributed by atoms with E-state index in [1.54, 1.807) is 0 Å². The highest BCUT2D eigenvalue weighted by molar-refractivity contribution is 6.39. The summed E-state index contributed by atoms with van der Waals surface area (Å²) >= 11 is 12.1. The molecular weight excluding hydrogens is 437 g/mol. The number of nitro groups is 1. The number of rotatable bonds is 8. The third-order valence-corrected chi connectivity index (χ3v) is 5.28. The minimum Gasteiger partial charge on any atom is -0.365 e. The molecule has 0 spiro atoms. The molecule has 0 saturated heterocycles. The van der Waals surface area contributed by atoms with Gasteiger partial charge in [0.15, 0.2) is 18.9 Å². The van der Waals surface area contributed by atoms with E-state index in [1.807, 2.05) is 24.3 Å². The molecule has 3 rings (SSSR count). The van der Waals surface area contributed by atoms with Crippen molar-refractivity contribution in [2.75, 3.05) is 18.0 Å². The minimum absolute atomic E-state index is 0.0744. The lowest BCUT2D eigenvalue weighted by Gasteiger charge is -2.21. The third kappa shape index (κ3) is 5.99. The molecule has 0 aliphatic heterocycles. The predicted molar refractivity (Wildman–Crippen MR) is 123 cm³/mol. The largest absolute Gasteiger partial charge is 0.365 e. The van der Waals surface area contributed by atoms with Crippen LogP contribution in [-0.2, 0) is 6.54 Å². The zero-order valence-corrected chi connectivity index (χ0v) is 18.7. The van der Waals surface area contributed by atoms with E-state index in [2.05, 4.69) is 58.1 Å². The molecule has 1 heterocycles. The minimum atomic E-state index is -0.561. The van der Waals surface area contributed by atoms with E-state index in [9.17, 15) is 10.1 Å². The Kier molecular flexibility index (Phi) is 7.55. The Balaban J connectivity index is 1.70. The molecule has 7 nitrogen and oxygen atoms in total. The lowest BCUT2D eigenvalue weighted by atomic mass is 10.2. The first-order valence-corrected chi connectivity index (χ1v) is 10.5. The number of nitrogens with zero attached hydrogens (tertiary/aromatic N) is 5. The fraction of sp³-hybridized carbons (Fsp3) is 0.227. The molecule has 31 heavy (non-hydrogen) atoms. The van der Waals surface area contributed by atoms with Crippen LogP contribution >= 0.6 is 23.2 Å². The number of anilines is 1. The molecule has 0 amide bonds. The summed E-state index contributed by atoms with van der Waals surface area (Å²) in [5.74, 6) is 0. The smallest absolute Gasteiger partial charge is 0.272 e. The number of hydrogen-bond donors (Lipinski definition) is 0. The SMILES string of the molecule is CCN(CC[n+]1cccc(C)c1)c1ccc(N=Nc2c(Cl)cc([N+](=O)[O-])cc2Cl)cc1. The number of halogens is 2. The number of nitro benzene ring substituents is 1. The Bertz CT molecular complexity index is 1080. The van der Waals surface area contributed by atoms with Crippen molar-refractivity contribution in [3.63, 3.8) is 0 Å². The van der Waals surface area contributed by atoms with Gasteiger partial charge in [-0.3, -0.25) is 10.1 Å². The van der Waals surface area contributed by atoms with Crippen molar-refractivity contribution in [3.8, 4) is 0 Å². The van der Waals surface area contributed by atoms with Gasteiger partial charge in [0.2, 0.25) is 0 Å². The highest BCUT2D eigenvalue weighted by Crippen LogP contribution is 2.37. The van der Waals surface area contributed by atoms with E-state index in [4.69, 9.17) is 23.2 Å². The lowest BCUT2D eigenvalue weighted by Crippen LogP contribution is -2.40. The summed E-state index contributed by atoms with van der Waals surface area (Å²) in [5, 5.41) is 19.3. The fourth-order valence-corrected chi connectivity index (χ4v) is 3.64. The topological polar surface area (TPSA) is 75.0 Å². The van der Waals surface area contributed by atoms with E-state index in [0.717, 1.165) is 25.3 Å². The Morgan fingerprint density at radius 3 is 2.35 bits per heavy atom. The van der Waals surface area contributed by atoms with Crippen molar-refractivity contribution >= 4 is 46.0 Å². The van der Waals surface area contributed by atoms with E-state index >= 15 is 0 Å². The molecule has 3 aromatic rings.